The molecule has 2 unspecified atom stereocenters. The third-order valence-corrected chi connectivity index (χ3v) is 8.51. The van der Waals surface area contributed by atoms with Gasteiger partial charge in [0.15, 0.2) is 11.8 Å². The van der Waals surface area contributed by atoms with Gasteiger partial charge in [0, 0.05) is 0 Å². The van der Waals surface area contributed by atoms with Crippen LogP contribution in [0.15, 0.2) is 48.6 Å². The van der Waals surface area contributed by atoms with Crippen molar-refractivity contribution in [1.29, 1.82) is 0 Å². The highest BCUT2D eigenvalue weighted by atomic mass is 19.2. The highest BCUT2D eigenvalue weighted by Gasteiger charge is 2.39. The van der Waals surface area contributed by atoms with Gasteiger partial charge in [0.2, 0.25) is 0 Å². The van der Waals surface area contributed by atoms with Crippen LogP contribution in [0.5, 0.6) is 0 Å². The fourth-order valence-electron chi connectivity index (χ4n) is 6.45. The molecule has 0 heterocycles. The molecule has 2 atom stereocenters. The van der Waals surface area contributed by atoms with Crippen LogP contribution in [0.2, 0.25) is 0 Å². The van der Waals surface area contributed by atoms with Crippen molar-refractivity contribution in [2.45, 2.75) is 95.8 Å². The molecule has 0 amide bonds. The van der Waals surface area contributed by atoms with E-state index in [1.807, 2.05) is 30.3 Å². The van der Waals surface area contributed by atoms with Crippen molar-refractivity contribution in [2.24, 2.45) is 23.7 Å². The van der Waals surface area contributed by atoms with Crippen molar-refractivity contribution in [3.8, 4) is 0 Å². The van der Waals surface area contributed by atoms with Crippen LogP contribution in [-0.2, 0) is 0 Å². The zero-order valence-corrected chi connectivity index (χ0v) is 19.2. The molecule has 0 aromatic heterocycles. The van der Waals surface area contributed by atoms with Gasteiger partial charge in [-0.05, 0) is 85.5 Å². The van der Waals surface area contributed by atoms with Gasteiger partial charge in [-0.25, -0.2) is 8.78 Å². The van der Waals surface area contributed by atoms with Crippen molar-refractivity contribution in [2.75, 3.05) is 0 Å². The maximum Gasteiger partial charge on any atom is 0.164 e. The predicted molar refractivity (Wildman–Crippen MR) is 127 cm³/mol. The minimum atomic E-state index is -1.84. The lowest BCUT2D eigenvalue weighted by Gasteiger charge is -2.38. The Kier molecular flexibility index (Phi) is 7.67. The maximum absolute atomic E-state index is 15.4. The lowest BCUT2D eigenvalue weighted by molar-refractivity contribution is 0.0944. The largest absolute Gasteiger partial charge is 0.239 e. The molecule has 0 spiro atoms. The van der Waals surface area contributed by atoms with Gasteiger partial charge in [-0.2, -0.15) is 0 Å². The Morgan fingerprint density at radius 2 is 1.42 bits per heavy atom. The van der Waals surface area contributed by atoms with Crippen molar-refractivity contribution >= 4 is 5.57 Å². The fraction of sp³-hybridized carbons (Fsp3) is 0.655. The van der Waals surface area contributed by atoms with E-state index in [2.05, 4.69) is 6.92 Å². The van der Waals surface area contributed by atoms with Crippen molar-refractivity contribution in [1.82, 2.24) is 0 Å². The second-order valence-corrected chi connectivity index (χ2v) is 10.5. The first kappa shape index (κ1) is 22.7. The van der Waals surface area contributed by atoms with Crippen molar-refractivity contribution in [3.63, 3.8) is 0 Å². The van der Waals surface area contributed by atoms with Crippen molar-refractivity contribution < 1.29 is 8.78 Å². The Labute approximate surface area is 188 Å². The summed E-state index contributed by atoms with van der Waals surface area (Å²) in [6, 6.07) is 9.70. The van der Waals surface area contributed by atoms with E-state index in [1.165, 1.54) is 76.4 Å². The van der Waals surface area contributed by atoms with E-state index >= 15 is 4.39 Å². The number of allylic oxidation sites excluding steroid dienone is 4. The minimum Gasteiger partial charge on any atom is -0.239 e. The summed E-state index contributed by atoms with van der Waals surface area (Å²) in [6.07, 6.45) is 17.8. The summed E-state index contributed by atoms with van der Waals surface area (Å²) in [5.41, 5.74) is -0.103. The molecule has 0 aliphatic heterocycles. The summed E-state index contributed by atoms with van der Waals surface area (Å²) in [5, 5.41) is 0. The second kappa shape index (κ2) is 10.5. The monoisotopic (exact) mass is 426 g/mol. The second-order valence-electron chi connectivity index (χ2n) is 10.5. The van der Waals surface area contributed by atoms with Crippen LogP contribution in [0, 0.1) is 23.7 Å². The first-order valence-electron chi connectivity index (χ1n) is 12.9. The number of alkyl halides is 2. The number of halogens is 2. The van der Waals surface area contributed by atoms with Gasteiger partial charge in [-0.1, -0.05) is 81.9 Å². The lowest BCUT2D eigenvalue weighted by Crippen LogP contribution is -2.34. The molecular weight excluding hydrogens is 386 g/mol. The van der Waals surface area contributed by atoms with Gasteiger partial charge in [-0.15, -0.1) is 0 Å². The summed E-state index contributed by atoms with van der Waals surface area (Å²) < 4.78 is 30.2. The van der Waals surface area contributed by atoms with Gasteiger partial charge in [-0.3, -0.25) is 0 Å². The van der Waals surface area contributed by atoms with Gasteiger partial charge < -0.3 is 0 Å². The summed E-state index contributed by atoms with van der Waals surface area (Å²) in [5.74, 6) is 3.37. The van der Waals surface area contributed by atoms with Gasteiger partial charge >= 0.3 is 0 Å². The first-order chi connectivity index (χ1) is 15.1. The third-order valence-electron chi connectivity index (χ3n) is 8.51. The molecule has 2 heteroatoms. The molecule has 0 nitrogen and oxygen atoms in total. The number of hydrogen-bond donors (Lipinski definition) is 0. The van der Waals surface area contributed by atoms with Gasteiger partial charge in [0.05, 0.1) is 0 Å². The molecule has 2 saturated carbocycles. The molecule has 3 aliphatic rings. The van der Waals surface area contributed by atoms with Gasteiger partial charge in [0.1, 0.15) is 0 Å². The highest BCUT2D eigenvalue weighted by Crippen LogP contribution is 2.44. The highest BCUT2D eigenvalue weighted by molar-refractivity contribution is 5.76. The van der Waals surface area contributed by atoms with Crippen LogP contribution in [-0.4, -0.2) is 11.8 Å². The van der Waals surface area contributed by atoms with Crippen LogP contribution >= 0.6 is 0 Å². The summed E-state index contributed by atoms with van der Waals surface area (Å²) >= 11 is 0. The van der Waals surface area contributed by atoms with Crippen molar-refractivity contribution in [3.05, 3.63) is 54.1 Å². The molecule has 31 heavy (non-hydrogen) atoms. The normalized spacial score (nSPS) is 36.2. The molecule has 2 fully saturated rings. The smallest absolute Gasteiger partial charge is 0.164 e. The molecule has 0 bridgehead atoms. The number of rotatable bonds is 7. The van der Waals surface area contributed by atoms with Crippen LogP contribution in [0.3, 0.4) is 0 Å². The Hall–Kier alpha value is -1.44. The fourth-order valence-corrected chi connectivity index (χ4v) is 6.45. The third kappa shape index (κ3) is 5.68. The van der Waals surface area contributed by atoms with E-state index in [4.69, 9.17) is 0 Å². The summed E-state index contributed by atoms with van der Waals surface area (Å²) in [6.45, 7) is 2.31. The zero-order valence-electron chi connectivity index (χ0n) is 19.2. The Balaban J connectivity index is 1.22. The summed E-state index contributed by atoms with van der Waals surface area (Å²) in [4.78, 5) is 0. The molecule has 1 aromatic rings. The predicted octanol–water partition coefficient (Wildman–Crippen LogP) is 8.88. The molecule has 170 valence electrons. The van der Waals surface area contributed by atoms with E-state index in [0.29, 0.717) is 12.3 Å². The lowest BCUT2D eigenvalue weighted by atomic mass is 9.68. The van der Waals surface area contributed by atoms with E-state index in [9.17, 15) is 4.39 Å². The standard InChI is InChI=1S/C29H40F2/c1-2-6-22-9-13-25(14-10-22)26-15-11-23(12-16-26)17-19-29(31)20-18-27(21-28(29)30)24-7-4-3-5-8-24/h3-5,7-8,18,20-23,25-26,28H,2,6,9-17,19H2,1H3/t22-,23-,25-,26-,28?,29?. The molecule has 4 rings (SSSR count). The SMILES string of the molecule is CCC[C@H]1CC[C@H]([C@H]2CC[C@H](CCC3(F)C=CC(c4ccccc4)=CC3F)CC2)CC1. The Bertz CT molecular complexity index is 735. The van der Waals surface area contributed by atoms with Crippen LogP contribution in [0.25, 0.3) is 5.57 Å². The molecular formula is C29H40F2. The van der Waals surface area contributed by atoms with Crippen LogP contribution < -0.4 is 0 Å². The summed E-state index contributed by atoms with van der Waals surface area (Å²) in [7, 11) is 0. The van der Waals surface area contributed by atoms with E-state index in [0.717, 1.165) is 35.3 Å². The Morgan fingerprint density at radius 3 is 1.97 bits per heavy atom. The Morgan fingerprint density at radius 1 is 0.839 bits per heavy atom. The molecule has 3 aliphatic carbocycles. The number of hydrogen-bond acceptors (Lipinski definition) is 0. The van der Waals surface area contributed by atoms with Crippen LogP contribution in [0.1, 0.15) is 89.5 Å². The molecule has 1 aromatic carbocycles. The van der Waals surface area contributed by atoms with Crippen LogP contribution in [0.4, 0.5) is 8.78 Å². The molecule has 0 radical (unpaired) electrons. The minimum absolute atomic E-state index is 0.306. The van der Waals surface area contributed by atoms with E-state index in [1.54, 1.807) is 6.08 Å². The molecule has 0 saturated heterocycles. The number of benzene rings is 1. The average molecular weight is 427 g/mol. The topological polar surface area (TPSA) is 0 Å². The van der Waals surface area contributed by atoms with Gasteiger partial charge in [0.25, 0.3) is 0 Å². The molecule has 0 N–H and O–H groups in total. The maximum atomic E-state index is 15.4. The first-order valence-corrected chi connectivity index (χ1v) is 12.9. The quantitative estimate of drug-likeness (QED) is 0.408. The van der Waals surface area contributed by atoms with E-state index in [-0.39, 0.29) is 0 Å². The average Bonchev–Trinajstić information content (AvgIpc) is 2.81. The zero-order chi connectivity index (χ0) is 21.7. The van der Waals surface area contributed by atoms with E-state index < -0.39 is 11.8 Å².